The molecule has 5 aromatic carbocycles. The van der Waals surface area contributed by atoms with E-state index in [2.05, 4.69) is 100 Å². The molecule has 0 bridgehead atoms. The summed E-state index contributed by atoms with van der Waals surface area (Å²) in [5.41, 5.74) is 16.5. The third-order valence-corrected chi connectivity index (χ3v) is 7.79. The predicted octanol–water partition coefficient (Wildman–Crippen LogP) is 5.22. The molecule has 0 atom stereocenters. The average Bonchev–Trinajstić information content (AvgIpc) is 3.35. The number of nitro groups is 2. The minimum atomic E-state index is -0.978. The number of nitro benzene ring substituents is 2. The maximum atomic E-state index is 11.7. The number of halogens is 3. The van der Waals surface area contributed by atoms with E-state index >= 15 is 0 Å². The Morgan fingerprint density at radius 1 is 0.605 bits per heavy atom. The van der Waals surface area contributed by atoms with Crippen LogP contribution in [0.4, 0.5) is 42.8 Å². The van der Waals surface area contributed by atoms with Crippen LogP contribution in [0.5, 0.6) is 11.5 Å². The summed E-state index contributed by atoms with van der Waals surface area (Å²) < 4.78 is 9.49. The number of carbonyl (C=O) groups is 6. The Balaban J connectivity index is -0.000000107. The predicted molar refractivity (Wildman–Crippen MR) is 307 cm³/mol. The quantitative estimate of drug-likeness (QED) is 0.00900. The second-order valence-electron chi connectivity index (χ2n) is 12.7. The number of benzene rings is 5. The van der Waals surface area contributed by atoms with Gasteiger partial charge in [0.1, 0.15) is 11.5 Å². The molecule has 0 saturated heterocycles. The van der Waals surface area contributed by atoms with Gasteiger partial charge in [-0.3, -0.25) is 50.8 Å². The van der Waals surface area contributed by atoms with E-state index in [-0.39, 0.29) is 175 Å². The zero-order valence-corrected chi connectivity index (χ0v) is 51.5. The van der Waals surface area contributed by atoms with E-state index in [9.17, 15) is 44.2 Å². The molecule has 5 aromatic rings. The summed E-state index contributed by atoms with van der Waals surface area (Å²) in [5, 5.41) is 34.3. The normalized spacial score (nSPS) is 8.24. The fraction of sp³-hybridized carbons (Fsp3) is 0.250. The summed E-state index contributed by atoms with van der Waals surface area (Å²) in [5.74, 6) is 4.44. The van der Waals surface area contributed by atoms with Crippen molar-refractivity contribution < 1.29 is 162 Å². The number of amides is 5. The monoisotopic (exact) mass is 1360 g/mol. The van der Waals surface area contributed by atoms with E-state index in [0.717, 1.165) is 24.9 Å². The third-order valence-electron chi connectivity index (χ3n) is 7.71. The van der Waals surface area contributed by atoms with Crippen molar-refractivity contribution in [3.05, 3.63) is 158 Å². The number of nitrogens with two attached hydrogens (primary N) is 2. The number of nitrogens with one attached hydrogen (secondary N) is 5. The Hall–Kier alpha value is -3.94. The van der Waals surface area contributed by atoms with E-state index < -0.39 is 27.4 Å². The number of urea groups is 1. The number of hydrogen-bond donors (Lipinski definition) is 7. The van der Waals surface area contributed by atoms with Crippen LogP contribution in [0.25, 0.3) is 0 Å². The number of nitrogens with zero attached hydrogens (tertiary/aromatic N) is 2. The number of nitrogen functional groups attached to an aromatic ring is 1. The first-order valence-corrected chi connectivity index (χ1v) is 26.5. The van der Waals surface area contributed by atoms with Crippen molar-refractivity contribution in [2.75, 3.05) is 16.4 Å². The van der Waals surface area contributed by atoms with Gasteiger partial charge in [-0.2, -0.15) is 0 Å². The molecule has 0 saturated carbocycles. The molecule has 9 N–H and O–H groups in total. The molecule has 5 amide bonds. The molecule has 76 heavy (non-hydrogen) atoms. The van der Waals surface area contributed by atoms with E-state index in [0.29, 0.717) is 11.4 Å². The fourth-order valence-corrected chi connectivity index (χ4v) is 4.41. The summed E-state index contributed by atoms with van der Waals surface area (Å²) in [6.07, 6.45) is 2.32. The first kappa shape index (κ1) is 88.7. The summed E-state index contributed by atoms with van der Waals surface area (Å²) >= 11 is 9.16. The topological polar surface area (TPSA) is 352 Å². The minimum Gasteiger partial charge on any atom is -1.00 e. The van der Waals surface area contributed by atoms with Gasteiger partial charge in [0.25, 0.3) is 17.8 Å². The van der Waals surface area contributed by atoms with Gasteiger partial charge in [-0.25, -0.2) is 25.7 Å². The first-order valence-electron chi connectivity index (χ1n) is 19.9. The van der Waals surface area contributed by atoms with Crippen LogP contribution >= 0.6 is 48.8 Å². The summed E-state index contributed by atoms with van der Waals surface area (Å²) in [4.78, 5) is 84.2. The molecule has 0 heterocycles. The molecule has 0 unspecified atom stereocenters. The van der Waals surface area contributed by atoms with Gasteiger partial charge >= 0.3 is 120 Å². The third kappa shape index (κ3) is 47.3. The SMILES string of the molecule is C.C.C.C.CC(=O)NN.CCc1ccc(N)cc1.CCc1ccc(NC(=O)NNC(C)=O)cc1.CCc1ccc(NC(=O)Oc2ccc([N+](=O)[O-])cc2)cc1.II.O=C(Cl)Oc1ccc([N+](=O)[O-])cc1.O=CO[O-].[H-].[K+].[K+]. The molecule has 0 aliphatic rings. The summed E-state index contributed by atoms with van der Waals surface area (Å²) in [6, 6.07) is 32.7. The minimum absolute atomic E-state index is 0. The van der Waals surface area contributed by atoms with Crippen LogP contribution in [0.15, 0.2) is 121 Å². The number of hydrogen-bond acceptors (Lipinski definition) is 16. The van der Waals surface area contributed by atoms with Gasteiger partial charge in [0.2, 0.25) is 11.8 Å². The van der Waals surface area contributed by atoms with Crippen LogP contribution in [0.3, 0.4) is 0 Å². The maximum Gasteiger partial charge on any atom is 1.00 e. The second kappa shape index (κ2) is 55.8. The number of rotatable bonds is 10. The van der Waals surface area contributed by atoms with E-state index in [4.69, 9.17) is 32.1 Å². The number of ether oxygens (including phenoxy) is 2. The molecule has 0 spiro atoms. The second-order valence-corrected chi connectivity index (χ2v) is 13.0. The standard InChI is InChI=1S/C15H14N2O4.C11H15N3O2.C8H11N.C7H4ClNO4.C2H6N2O.CH2O3.4CH4.I2.2K.H/c1-2-11-3-5-12(6-4-11)16-15(18)21-14-9-7-13(8-10-14)17(19)20;1-3-9-4-6-10(7-5-9)12-11(16)14-13-8(2)15;1-2-7-3-5-8(9)6-4-7;8-7(10)13-6-3-1-5(2-4-6)9(11)12;1-2(5)4-3;2-1-4-3;;;;;1-2;;;/h3-10H,2H2,1H3,(H,16,18);4-7H,3H2,1-2H3,(H,13,15)(H2,12,14,16);3-6H,2,9H2,1H3;1-4H;3H2,1H3,(H,4,5);1,3H;4*1H4;;;;/q;;;;;;;;;;;2*+1;-1/p-1. The number of aryl methyl sites for hydroxylation is 3. The Morgan fingerprint density at radius 2 is 0.921 bits per heavy atom. The van der Waals surface area contributed by atoms with E-state index in [1.807, 2.05) is 60.9 Å². The molecule has 0 fully saturated rings. The van der Waals surface area contributed by atoms with Crippen LogP contribution in [-0.2, 0) is 38.5 Å². The van der Waals surface area contributed by atoms with Crippen LogP contribution in [0.2, 0.25) is 0 Å². The van der Waals surface area contributed by atoms with Crippen molar-refractivity contribution in [2.24, 2.45) is 5.84 Å². The Labute approximate surface area is 559 Å². The largest absolute Gasteiger partial charge is 1.00 e. The molecule has 0 aliphatic heterocycles. The van der Waals surface area contributed by atoms with Gasteiger partial charge in [-0.05, 0) is 96.6 Å². The molecule has 23 nitrogen and oxygen atoms in total. The van der Waals surface area contributed by atoms with Gasteiger partial charge in [-0.1, -0.05) is 86.9 Å². The Bertz CT molecular complexity index is 2360. The first-order chi connectivity index (χ1) is 33.3. The average molecular weight is 1360 g/mol. The van der Waals surface area contributed by atoms with Crippen molar-refractivity contribution >= 4 is 113 Å². The molecule has 412 valence electrons. The molecule has 28 heteroatoms. The zero-order valence-electron chi connectivity index (χ0n) is 41.1. The summed E-state index contributed by atoms with van der Waals surface area (Å²) in [7, 11) is 0. The molecule has 0 aliphatic carbocycles. The van der Waals surface area contributed by atoms with Crippen LogP contribution in [-0.4, -0.2) is 45.7 Å². The molecule has 0 radical (unpaired) electrons. The van der Waals surface area contributed by atoms with Crippen molar-refractivity contribution in [2.45, 2.75) is 83.6 Å². The van der Waals surface area contributed by atoms with Gasteiger partial charge in [0.05, 0.1) is 9.85 Å². The van der Waals surface area contributed by atoms with Crippen LogP contribution in [0.1, 0.15) is 82.4 Å². The van der Waals surface area contributed by atoms with E-state index in [1.165, 1.54) is 79.1 Å². The molecular weight excluding hydrogens is 1290 g/mol. The van der Waals surface area contributed by atoms with Gasteiger partial charge in [-0.15, -0.1) is 0 Å². The van der Waals surface area contributed by atoms with E-state index in [1.54, 1.807) is 12.1 Å². The van der Waals surface area contributed by atoms with Crippen molar-refractivity contribution in [1.29, 1.82) is 0 Å². The smallest absolute Gasteiger partial charge is 1.00 e. The number of anilines is 3. The Kier molecular flexibility index (Phi) is 65.1. The summed E-state index contributed by atoms with van der Waals surface area (Å²) in [6.45, 7) is 8.72. The maximum absolute atomic E-state index is 11.7. The Morgan fingerprint density at radius 3 is 1.20 bits per heavy atom. The van der Waals surface area contributed by atoms with Gasteiger partial charge < -0.3 is 32.1 Å². The number of non-ortho nitro benzene ring substituents is 2. The van der Waals surface area contributed by atoms with Gasteiger partial charge in [0, 0.05) is 104 Å². The number of carbonyl (C=O) groups excluding carboxylic acids is 6. The van der Waals surface area contributed by atoms with Crippen molar-refractivity contribution in [3.63, 3.8) is 0 Å². The van der Waals surface area contributed by atoms with Crippen molar-refractivity contribution in [1.82, 2.24) is 16.3 Å². The van der Waals surface area contributed by atoms with Crippen LogP contribution in [0, 0.1) is 20.2 Å². The number of hydrazine groups is 2. The molecular formula is C48H68ClI2K2N9O14. The van der Waals surface area contributed by atoms with Gasteiger partial charge in [0.15, 0.2) is 0 Å². The fourth-order valence-electron chi connectivity index (χ4n) is 4.32. The van der Waals surface area contributed by atoms with Crippen molar-refractivity contribution in [3.8, 4) is 11.5 Å². The van der Waals surface area contributed by atoms with Crippen LogP contribution < -0.4 is 156 Å². The molecule has 5 rings (SSSR count). The zero-order chi connectivity index (χ0) is 53.4. The molecule has 0 aromatic heterocycles.